The number of hydrogen-bond donors (Lipinski definition) is 2. The maximum atomic E-state index is 5.04. The predicted octanol–water partition coefficient (Wildman–Crippen LogP) is 6.10. The summed E-state index contributed by atoms with van der Waals surface area (Å²) < 4.78 is 5.76. The zero-order valence-electron chi connectivity index (χ0n) is 18.1. The minimum atomic E-state index is -0.137. The van der Waals surface area contributed by atoms with Crippen LogP contribution in [-0.2, 0) is 11.1 Å². The first-order valence-corrected chi connectivity index (χ1v) is 11.8. The highest BCUT2D eigenvalue weighted by molar-refractivity contribution is 8.12. The summed E-state index contributed by atoms with van der Waals surface area (Å²) in [5.74, 6) is 6.76. The van der Waals surface area contributed by atoms with Crippen LogP contribution in [0.4, 0.5) is 11.5 Å². The molecule has 0 spiro atoms. The van der Waals surface area contributed by atoms with Crippen molar-refractivity contribution in [3.05, 3.63) is 35.5 Å². The molecule has 1 fully saturated rings. The molecular weight excluding hydrogens is 364 g/mol. The second kappa shape index (κ2) is 6.74. The Hall–Kier alpha value is -1.59. The molecule has 4 nitrogen and oxygen atoms in total. The molecule has 5 heteroatoms. The number of benzene rings is 1. The van der Waals surface area contributed by atoms with Crippen LogP contribution in [0.25, 0.3) is 0 Å². The molecule has 2 aliphatic rings. The van der Waals surface area contributed by atoms with E-state index >= 15 is 0 Å². The summed E-state index contributed by atoms with van der Waals surface area (Å²) in [5.41, 5.74) is 3.58. The number of anilines is 2. The first-order valence-electron chi connectivity index (χ1n) is 10.4. The van der Waals surface area contributed by atoms with E-state index in [9.17, 15) is 0 Å². The van der Waals surface area contributed by atoms with E-state index in [-0.39, 0.29) is 21.7 Å². The maximum absolute atomic E-state index is 5.04. The van der Waals surface area contributed by atoms with Crippen LogP contribution in [-0.4, -0.2) is 15.7 Å². The second-order valence-electron chi connectivity index (χ2n) is 10.1. The van der Waals surface area contributed by atoms with Crippen molar-refractivity contribution in [1.29, 1.82) is 0 Å². The molecule has 1 aromatic carbocycles. The van der Waals surface area contributed by atoms with Crippen molar-refractivity contribution in [2.45, 2.75) is 82.7 Å². The van der Waals surface area contributed by atoms with Crippen LogP contribution in [0.2, 0.25) is 0 Å². The summed E-state index contributed by atoms with van der Waals surface area (Å²) in [4.78, 5) is 1.32. The van der Waals surface area contributed by atoms with Crippen LogP contribution in [0.5, 0.6) is 0 Å². The lowest BCUT2D eigenvalue weighted by Crippen LogP contribution is -2.27. The Labute approximate surface area is 172 Å². The minimum Gasteiger partial charge on any atom is -0.340 e. The number of nitrogens with zero attached hydrogens (tertiary/aromatic N) is 2. The van der Waals surface area contributed by atoms with Gasteiger partial charge in [0.1, 0.15) is 5.82 Å². The number of rotatable bonds is 3. The van der Waals surface area contributed by atoms with E-state index in [1.807, 2.05) is 0 Å². The molecule has 1 saturated carbocycles. The van der Waals surface area contributed by atoms with Crippen molar-refractivity contribution in [2.75, 3.05) is 5.32 Å². The Morgan fingerprint density at radius 2 is 2.00 bits per heavy atom. The Morgan fingerprint density at radius 1 is 1.25 bits per heavy atom. The molecule has 3 unspecified atom stereocenters. The first kappa shape index (κ1) is 19.7. The van der Waals surface area contributed by atoms with Crippen molar-refractivity contribution < 1.29 is 0 Å². The second-order valence-corrected chi connectivity index (χ2v) is 11.5. The smallest absolute Gasteiger partial charge is 0.129 e. The Bertz CT molecular complexity index is 919. The number of fused-ring (bicyclic) bond motifs is 1. The fraction of sp³-hybridized carbons (Fsp3) is 0.565. The quantitative estimate of drug-likeness (QED) is 0.614. The summed E-state index contributed by atoms with van der Waals surface area (Å²) in [6.45, 7) is 13.5. The lowest BCUT2D eigenvalue weighted by atomic mass is 9.95. The highest BCUT2D eigenvalue weighted by Crippen LogP contribution is 2.44. The molecule has 0 radical (unpaired) electrons. The van der Waals surface area contributed by atoms with Gasteiger partial charge in [-0.3, -0.25) is 4.72 Å². The number of aromatic nitrogens is 2. The van der Waals surface area contributed by atoms with E-state index in [1.165, 1.54) is 35.4 Å². The molecule has 28 heavy (non-hydrogen) atoms. The predicted molar refractivity (Wildman–Crippen MR) is 122 cm³/mol. The molecule has 1 aliphatic carbocycles. The molecule has 2 N–H and O–H groups in total. The largest absolute Gasteiger partial charge is 0.340 e. The van der Waals surface area contributed by atoms with Gasteiger partial charge in [-0.2, -0.15) is 5.10 Å². The summed E-state index contributed by atoms with van der Waals surface area (Å²) in [6, 6.07) is 8.94. The van der Waals surface area contributed by atoms with Crippen LogP contribution < -0.4 is 10.0 Å². The van der Waals surface area contributed by atoms with Gasteiger partial charge in [-0.15, -0.1) is 0 Å². The Balaban J connectivity index is 1.68. The molecule has 4 rings (SSSR count). The molecule has 2 heterocycles. The van der Waals surface area contributed by atoms with E-state index in [0.29, 0.717) is 5.92 Å². The van der Waals surface area contributed by atoms with Crippen molar-refractivity contribution in [1.82, 2.24) is 14.5 Å². The van der Waals surface area contributed by atoms with Crippen LogP contribution in [0.3, 0.4) is 0 Å². The van der Waals surface area contributed by atoms with Gasteiger partial charge in [0.2, 0.25) is 0 Å². The highest BCUT2D eigenvalue weighted by Gasteiger charge is 2.32. The monoisotopic (exact) mass is 398 g/mol. The van der Waals surface area contributed by atoms with E-state index in [4.69, 9.17) is 5.10 Å². The van der Waals surface area contributed by atoms with Gasteiger partial charge in [0.15, 0.2) is 0 Å². The maximum Gasteiger partial charge on any atom is 0.129 e. The molecule has 2 aromatic rings. The molecule has 1 aliphatic heterocycles. The molecule has 0 amide bonds. The average Bonchev–Trinajstić information content (AvgIpc) is 3.25. The van der Waals surface area contributed by atoms with Gasteiger partial charge in [-0.25, -0.2) is 4.68 Å². The lowest BCUT2D eigenvalue weighted by molar-refractivity contribution is 0.356. The normalized spacial score (nSPS) is 26.4. The summed E-state index contributed by atoms with van der Waals surface area (Å²) in [6.07, 6.45) is 3.83. The van der Waals surface area contributed by atoms with Gasteiger partial charge in [-0.1, -0.05) is 29.9 Å². The van der Waals surface area contributed by atoms with Crippen LogP contribution in [0, 0.1) is 5.92 Å². The highest BCUT2D eigenvalue weighted by atomic mass is 32.2. The van der Waals surface area contributed by atoms with Gasteiger partial charge in [-0.05, 0) is 77.1 Å². The Kier molecular flexibility index (Phi) is 4.74. The van der Waals surface area contributed by atoms with Gasteiger partial charge in [0, 0.05) is 28.1 Å². The lowest BCUT2D eigenvalue weighted by Gasteiger charge is -2.23. The van der Waals surface area contributed by atoms with Gasteiger partial charge >= 0.3 is 0 Å². The molecule has 3 atom stereocenters. The van der Waals surface area contributed by atoms with E-state index < -0.39 is 0 Å². The third kappa shape index (κ3) is 3.55. The van der Waals surface area contributed by atoms with Gasteiger partial charge in [0.25, 0.3) is 0 Å². The van der Waals surface area contributed by atoms with Crippen LogP contribution in [0.1, 0.15) is 78.0 Å². The number of nitrogens with one attached hydrogen (secondary N) is 2. The van der Waals surface area contributed by atoms with Crippen LogP contribution in [0.15, 0.2) is 29.2 Å². The van der Waals surface area contributed by atoms with E-state index in [1.54, 1.807) is 0 Å². The van der Waals surface area contributed by atoms with Crippen molar-refractivity contribution in [3.63, 3.8) is 0 Å². The van der Waals surface area contributed by atoms with E-state index in [0.717, 1.165) is 17.4 Å². The summed E-state index contributed by atoms with van der Waals surface area (Å²) in [5, 5.41) is 8.71. The molecular formula is C23H34N4S. The molecule has 0 bridgehead atoms. The van der Waals surface area contributed by atoms with Crippen molar-refractivity contribution in [3.8, 4) is 0 Å². The van der Waals surface area contributed by atoms with Gasteiger partial charge < -0.3 is 5.32 Å². The summed E-state index contributed by atoms with van der Waals surface area (Å²) in [7, 11) is -0.137. The molecule has 1 aromatic heterocycles. The SMILES string of the molecule is C=S1NC(C)(C)c2cc(Nc3cc(C4CCC(C)C4)nn3C(C)(C)C)ccc21. The van der Waals surface area contributed by atoms with Gasteiger partial charge in [0.05, 0.1) is 11.2 Å². The zero-order chi connectivity index (χ0) is 20.3. The van der Waals surface area contributed by atoms with E-state index in [2.05, 4.69) is 86.4 Å². The third-order valence-corrected chi connectivity index (χ3v) is 7.69. The standard InChI is InChI=1S/C23H34N4S/c1-15-8-9-16(12-15)19-14-21(27(25-19)22(2,3)4)24-17-10-11-20-18(13-17)23(5,6)26-28(20)7/h10-11,13-16,24,26H,7-9,12H2,1-6H3. The van der Waals surface area contributed by atoms with Crippen molar-refractivity contribution in [2.24, 2.45) is 5.92 Å². The molecule has 0 saturated heterocycles. The minimum absolute atomic E-state index is 0.0483. The fourth-order valence-corrected chi connectivity index (χ4v) is 6.20. The first-order chi connectivity index (χ1) is 13.0. The zero-order valence-corrected chi connectivity index (χ0v) is 18.9. The van der Waals surface area contributed by atoms with Crippen molar-refractivity contribution >= 4 is 28.0 Å². The van der Waals surface area contributed by atoms with Crippen LogP contribution >= 0.6 is 10.7 Å². The number of hydrogen-bond acceptors (Lipinski definition) is 3. The third-order valence-electron chi connectivity index (χ3n) is 6.05. The fourth-order valence-electron chi connectivity index (χ4n) is 4.55. The average molecular weight is 399 g/mol. The topological polar surface area (TPSA) is 41.9 Å². The Morgan fingerprint density at radius 3 is 2.64 bits per heavy atom. The molecule has 152 valence electrons. The summed E-state index contributed by atoms with van der Waals surface area (Å²) >= 11 is 0.